The summed E-state index contributed by atoms with van der Waals surface area (Å²) in [5.41, 5.74) is 32.5. The van der Waals surface area contributed by atoms with E-state index >= 15 is 0 Å². The van der Waals surface area contributed by atoms with Crippen LogP contribution in [0.5, 0.6) is 0 Å². The van der Waals surface area contributed by atoms with Crippen LogP contribution < -0.4 is 26.4 Å². The van der Waals surface area contributed by atoms with E-state index in [4.69, 9.17) is 0 Å². The maximum absolute atomic E-state index is 2.62. The molecule has 14 aromatic rings. The van der Waals surface area contributed by atoms with Gasteiger partial charge >= 0.3 is 510 Å². The second-order valence-corrected chi connectivity index (χ2v) is 46.2. The predicted molar refractivity (Wildman–Crippen MR) is 489 cm³/mol. The Bertz CT molecular complexity index is 5070. The fraction of sp³-hybridized carbons (Fsp3) is 0.236. The molecule has 0 unspecified atom stereocenters. The van der Waals surface area contributed by atoms with E-state index in [1.165, 1.54) is 160 Å². The van der Waals surface area contributed by atoms with Gasteiger partial charge in [0.05, 0.1) is 0 Å². The normalized spacial score (nSPS) is 13.4. The van der Waals surface area contributed by atoms with Crippen molar-refractivity contribution in [3.8, 4) is 89.0 Å². The van der Waals surface area contributed by atoms with Crippen LogP contribution in [0.2, 0.25) is 0 Å². The predicted octanol–water partition coefficient (Wildman–Crippen LogP) is 25.8. The van der Waals surface area contributed by atoms with Gasteiger partial charge in [-0.05, 0) is 43.9 Å². The van der Waals surface area contributed by atoms with Gasteiger partial charge in [-0.25, -0.2) is 0 Å². The summed E-state index contributed by atoms with van der Waals surface area (Å²) in [4.78, 5) is 0. The summed E-state index contributed by atoms with van der Waals surface area (Å²) in [6.07, 6.45) is 4.25. The first-order chi connectivity index (χ1) is 53.8. The van der Waals surface area contributed by atoms with Crippen molar-refractivity contribution in [2.24, 2.45) is 0 Å². The minimum atomic E-state index is -2.05. The van der Waals surface area contributed by atoms with E-state index in [0.29, 0.717) is 0 Å². The number of rotatable bonds is 16. The van der Waals surface area contributed by atoms with Gasteiger partial charge in [-0.1, -0.05) is 132 Å². The summed E-state index contributed by atoms with van der Waals surface area (Å²) in [5.74, 6) is 0. The van der Waals surface area contributed by atoms with E-state index in [1.807, 2.05) is 0 Å². The molecule has 2 heteroatoms. The molecule has 0 aromatic heterocycles. The van der Waals surface area contributed by atoms with Gasteiger partial charge in [0, 0.05) is 0 Å². The zero-order valence-electron chi connectivity index (χ0n) is 69.0. The molecule has 0 N–H and O–H groups in total. The summed E-state index contributed by atoms with van der Waals surface area (Å²) in [6.45, 7) is 37.0. The molecule has 0 bridgehead atoms. The molecule has 112 heavy (non-hydrogen) atoms. The van der Waals surface area contributed by atoms with Crippen molar-refractivity contribution in [1.82, 2.24) is 0 Å². The summed E-state index contributed by atoms with van der Waals surface area (Å²) < 4.78 is 9.01. The number of hydrogen-bond acceptors (Lipinski definition) is 0. The Balaban J connectivity index is 0.000000177. The summed E-state index contributed by atoms with van der Waals surface area (Å²) in [6, 6.07) is 126. The van der Waals surface area contributed by atoms with Gasteiger partial charge < -0.3 is 0 Å². The van der Waals surface area contributed by atoms with Crippen molar-refractivity contribution in [3.05, 3.63) is 372 Å². The Labute approximate surface area is 679 Å². The van der Waals surface area contributed by atoms with E-state index < -0.39 is 28.7 Å². The molecule has 14 aromatic carbocycles. The van der Waals surface area contributed by atoms with Crippen LogP contribution >= 0.6 is 0 Å². The van der Waals surface area contributed by atoms with Crippen molar-refractivity contribution >= 4 is 55.1 Å². The molecule has 2 aliphatic rings. The number of hydrogen-bond donors (Lipinski definition) is 0. The molecule has 0 spiro atoms. The van der Waals surface area contributed by atoms with E-state index in [-0.39, 0.29) is 32.5 Å². The Kier molecular flexibility index (Phi) is 21.6. The van der Waals surface area contributed by atoms with Crippen LogP contribution in [0.4, 0.5) is 0 Å². The van der Waals surface area contributed by atoms with Crippen molar-refractivity contribution in [2.75, 3.05) is 0 Å². The van der Waals surface area contributed by atoms with Gasteiger partial charge in [0.15, 0.2) is 0 Å². The molecule has 0 aliphatic heterocycles. The van der Waals surface area contributed by atoms with E-state index in [9.17, 15) is 0 Å². The van der Waals surface area contributed by atoms with Crippen LogP contribution in [-0.4, -0.2) is 28.7 Å². The van der Waals surface area contributed by atoms with Crippen LogP contribution in [0.15, 0.2) is 328 Å². The van der Waals surface area contributed by atoms with Gasteiger partial charge in [-0.15, -0.1) is 0 Å². The third-order valence-electron chi connectivity index (χ3n) is 24.8. The first-order valence-electron chi connectivity index (χ1n) is 41.1. The second-order valence-electron chi connectivity index (χ2n) is 35.7. The van der Waals surface area contributed by atoms with Gasteiger partial charge in [-0.2, -0.15) is 0 Å². The molecular weight excluding hydrogens is 1470 g/mol. The summed E-state index contributed by atoms with van der Waals surface area (Å²) in [5, 5.41) is 0. The molecule has 0 nitrogen and oxygen atoms in total. The van der Waals surface area contributed by atoms with Gasteiger partial charge in [-0.3, -0.25) is 0 Å². The number of benzene rings is 14. The van der Waals surface area contributed by atoms with E-state index in [0.717, 1.165) is 25.7 Å². The molecule has 0 amide bonds. The summed E-state index contributed by atoms with van der Waals surface area (Å²) in [7, 11) is 0. The van der Waals surface area contributed by atoms with Crippen LogP contribution in [-0.2, 0) is 32.5 Å². The Morgan fingerprint density at radius 1 is 0.188 bits per heavy atom. The Hall–Kier alpha value is -9.83. The topological polar surface area (TPSA) is 0 Å². The van der Waals surface area contributed by atoms with Crippen molar-refractivity contribution < 1.29 is 0 Å². The standard InChI is InChI=1S/2C55H55Ge/c2*1-9-55(10-2)51-36-40(25-31-49(51)50-32-30-48(37-52(50)55)56(46-17-13-11-14-18-46)47-19-15-12-16-20-47)43-34-41(38-21-26-44(27-22-38)53(3,4)5)33-42(35-43)39-23-28-45(29-24-39)54(6,7)8/h2*11-37H,9-10H2,1-8H3. The molecule has 0 heterocycles. The van der Waals surface area contributed by atoms with Crippen LogP contribution in [0, 0.1) is 0 Å². The third kappa shape index (κ3) is 15.2. The van der Waals surface area contributed by atoms with Crippen molar-refractivity contribution in [2.45, 2.75) is 169 Å². The molecule has 2 radical (unpaired) electrons. The maximum atomic E-state index is 2.62. The molecule has 0 saturated heterocycles. The zero-order valence-corrected chi connectivity index (χ0v) is 73.2. The van der Waals surface area contributed by atoms with E-state index in [2.05, 4.69) is 438 Å². The molecule has 0 fully saturated rings. The van der Waals surface area contributed by atoms with E-state index in [1.54, 1.807) is 0 Å². The zero-order chi connectivity index (χ0) is 78.5. The fourth-order valence-corrected chi connectivity index (χ4v) is 28.9. The van der Waals surface area contributed by atoms with Crippen LogP contribution in [0.25, 0.3) is 89.0 Å². The third-order valence-corrected chi connectivity index (χ3v) is 36.2. The molecule has 2 aliphatic carbocycles. The minimum absolute atomic E-state index is 0.0422. The SMILES string of the molecule is CCC1(CC)c2cc(-c3cc(-c4ccc(C(C)(C)C)cc4)cc(-c4ccc(C(C)(C)C)cc4)c3)ccc2-c2cc[c]([Ge]([c]3ccccc3)[c]3ccccc3)cc21.CCC1(CC)c2cc(-c3cc(-c4ccc(C(C)(C)C)cc4)cc(-c4ccc(C(C)(C)C)cc4)c3)ccc2-c2cc[c]([Ge]([c]3ccccc3)[c]3ccccc3)cc21. The molecule has 0 saturated carbocycles. The summed E-state index contributed by atoms with van der Waals surface area (Å²) >= 11 is -4.09. The van der Waals surface area contributed by atoms with Gasteiger partial charge in [0.2, 0.25) is 0 Å². The van der Waals surface area contributed by atoms with Crippen LogP contribution in [0.3, 0.4) is 0 Å². The fourth-order valence-electron chi connectivity index (χ4n) is 18.0. The second kappa shape index (κ2) is 31.3. The molecular formula is C110H110Ge2. The quantitative estimate of drug-likeness (QED) is 0.0846. The van der Waals surface area contributed by atoms with Crippen molar-refractivity contribution in [3.63, 3.8) is 0 Å². The molecule has 16 rings (SSSR count). The van der Waals surface area contributed by atoms with Gasteiger partial charge in [0.25, 0.3) is 0 Å². The van der Waals surface area contributed by atoms with Gasteiger partial charge in [0.1, 0.15) is 0 Å². The Morgan fingerprint density at radius 3 is 0.598 bits per heavy atom. The van der Waals surface area contributed by atoms with Crippen molar-refractivity contribution in [1.29, 1.82) is 0 Å². The molecule has 558 valence electrons. The first-order valence-corrected chi connectivity index (χ1v) is 47.4. The number of fused-ring (bicyclic) bond motifs is 6. The average Bonchev–Trinajstić information content (AvgIpc) is 1.54. The molecule has 0 atom stereocenters. The average molecular weight is 1580 g/mol. The Morgan fingerprint density at radius 2 is 0.384 bits per heavy atom. The van der Waals surface area contributed by atoms with Crippen LogP contribution in [0.1, 0.15) is 181 Å². The monoisotopic (exact) mass is 1580 g/mol. The first kappa shape index (κ1) is 77.5.